The van der Waals surface area contributed by atoms with Gasteiger partial charge in [-0.05, 0) is 38.3 Å². The van der Waals surface area contributed by atoms with Crippen LogP contribution in [0.15, 0.2) is 18.3 Å². The Hall–Kier alpha value is -1.04. The summed E-state index contributed by atoms with van der Waals surface area (Å²) in [7, 11) is 0. The van der Waals surface area contributed by atoms with Crippen LogP contribution >= 0.6 is 24.8 Å². The van der Waals surface area contributed by atoms with Crippen molar-refractivity contribution in [2.45, 2.75) is 51.6 Å². The van der Waals surface area contributed by atoms with Crippen molar-refractivity contribution in [3.63, 3.8) is 0 Å². The average Bonchev–Trinajstić information content (AvgIpc) is 2.73. The summed E-state index contributed by atoms with van der Waals surface area (Å²) in [6, 6.07) is 4.07. The maximum absolute atomic E-state index is 11.7. The van der Waals surface area contributed by atoms with Gasteiger partial charge in [-0.3, -0.25) is 4.79 Å². The number of anilines is 1. The van der Waals surface area contributed by atoms with E-state index < -0.39 is 5.54 Å². The summed E-state index contributed by atoms with van der Waals surface area (Å²) >= 11 is 0. The van der Waals surface area contributed by atoms with Gasteiger partial charge in [0.25, 0.3) is 0 Å². The normalized spacial score (nSPS) is 15.0. The van der Waals surface area contributed by atoms with Crippen molar-refractivity contribution in [2.24, 2.45) is 5.73 Å². The number of rotatable bonds is 4. The van der Waals surface area contributed by atoms with Crippen molar-refractivity contribution >= 4 is 36.5 Å². The lowest BCUT2D eigenvalue weighted by Gasteiger charge is -2.21. The minimum absolute atomic E-state index is 0. The number of nitrogens with two attached hydrogens (primary N) is 1. The number of carbonyl (C=O) groups is 1. The Morgan fingerprint density at radius 1 is 1.22 bits per heavy atom. The van der Waals surface area contributed by atoms with Gasteiger partial charge in [-0.15, -0.1) is 24.8 Å². The summed E-state index contributed by atoms with van der Waals surface area (Å²) in [5, 5.41) is 2.83. The molecular weight excluding hydrogens is 335 g/mol. The number of nitrogens with zero attached hydrogens (tertiary/aromatic N) is 2. The van der Waals surface area contributed by atoms with Crippen LogP contribution in [0.5, 0.6) is 0 Å². The number of pyridine rings is 1. The molecular formula is C16H28Cl2N4O. The predicted octanol–water partition coefficient (Wildman–Crippen LogP) is 2.66. The summed E-state index contributed by atoms with van der Waals surface area (Å²) in [4.78, 5) is 18.6. The number of carbonyl (C=O) groups excluding carboxylic acids is 1. The van der Waals surface area contributed by atoms with Crippen LogP contribution < -0.4 is 16.0 Å². The molecule has 2 rings (SSSR count). The quantitative estimate of drug-likeness (QED) is 0.863. The molecule has 0 unspecified atom stereocenters. The van der Waals surface area contributed by atoms with Gasteiger partial charge in [0.1, 0.15) is 5.82 Å². The Morgan fingerprint density at radius 2 is 1.83 bits per heavy atom. The lowest BCUT2D eigenvalue weighted by atomic mass is 10.1. The monoisotopic (exact) mass is 362 g/mol. The zero-order valence-electron chi connectivity index (χ0n) is 13.9. The molecule has 1 aliphatic rings. The number of amides is 1. The fourth-order valence-electron chi connectivity index (χ4n) is 2.42. The van der Waals surface area contributed by atoms with Crippen LogP contribution in [0, 0.1) is 0 Å². The summed E-state index contributed by atoms with van der Waals surface area (Å²) in [5.41, 5.74) is 5.89. The van der Waals surface area contributed by atoms with Crippen LogP contribution in [0.3, 0.4) is 0 Å². The molecule has 0 spiro atoms. The Kier molecular flexibility index (Phi) is 9.51. The molecule has 132 valence electrons. The van der Waals surface area contributed by atoms with E-state index in [4.69, 9.17) is 5.73 Å². The van der Waals surface area contributed by atoms with Crippen molar-refractivity contribution in [1.82, 2.24) is 10.3 Å². The Balaban J connectivity index is 0.00000242. The zero-order chi connectivity index (χ0) is 15.3. The van der Waals surface area contributed by atoms with Gasteiger partial charge in [-0.2, -0.15) is 0 Å². The third kappa shape index (κ3) is 6.94. The van der Waals surface area contributed by atoms with Gasteiger partial charge in [-0.1, -0.05) is 18.9 Å². The van der Waals surface area contributed by atoms with Crippen molar-refractivity contribution in [2.75, 3.05) is 18.0 Å². The molecule has 0 aromatic carbocycles. The van der Waals surface area contributed by atoms with Gasteiger partial charge in [0, 0.05) is 25.8 Å². The van der Waals surface area contributed by atoms with Crippen LogP contribution in [0.2, 0.25) is 0 Å². The first-order chi connectivity index (χ1) is 9.97. The third-order valence-electron chi connectivity index (χ3n) is 3.78. The van der Waals surface area contributed by atoms with E-state index in [0.29, 0.717) is 6.54 Å². The summed E-state index contributed by atoms with van der Waals surface area (Å²) in [5.74, 6) is 0.880. The highest BCUT2D eigenvalue weighted by molar-refractivity contribution is 5.85. The lowest BCUT2D eigenvalue weighted by molar-refractivity contribution is -0.125. The molecule has 1 aromatic rings. The first kappa shape index (κ1) is 22.0. The first-order valence-corrected chi connectivity index (χ1v) is 7.74. The fraction of sp³-hybridized carbons (Fsp3) is 0.625. The third-order valence-corrected chi connectivity index (χ3v) is 3.78. The van der Waals surface area contributed by atoms with Crippen LogP contribution in [0.25, 0.3) is 0 Å². The minimum Gasteiger partial charge on any atom is -0.357 e. The van der Waals surface area contributed by atoms with E-state index in [1.807, 2.05) is 18.3 Å². The van der Waals surface area contributed by atoms with E-state index in [2.05, 4.69) is 15.2 Å². The molecule has 5 nitrogen and oxygen atoms in total. The van der Waals surface area contributed by atoms with Crippen LogP contribution in [-0.4, -0.2) is 29.5 Å². The smallest absolute Gasteiger partial charge is 0.239 e. The Labute approximate surface area is 151 Å². The highest BCUT2D eigenvalue weighted by Crippen LogP contribution is 2.17. The lowest BCUT2D eigenvalue weighted by Crippen LogP contribution is -2.48. The molecule has 0 saturated carbocycles. The summed E-state index contributed by atoms with van der Waals surface area (Å²) < 4.78 is 0. The minimum atomic E-state index is -0.848. The Morgan fingerprint density at radius 3 is 2.30 bits per heavy atom. The van der Waals surface area contributed by atoms with E-state index in [1.54, 1.807) is 13.8 Å². The number of hydrogen-bond acceptors (Lipinski definition) is 4. The number of halogens is 2. The van der Waals surface area contributed by atoms with Gasteiger partial charge < -0.3 is 16.0 Å². The van der Waals surface area contributed by atoms with E-state index in [-0.39, 0.29) is 30.7 Å². The topological polar surface area (TPSA) is 71.2 Å². The molecule has 1 saturated heterocycles. The maximum Gasteiger partial charge on any atom is 0.239 e. The molecule has 0 radical (unpaired) electrons. The second-order valence-corrected chi connectivity index (χ2v) is 6.33. The molecule has 0 bridgehead atoms. The highest BCUT2D eigenvalue weighted by Gasteiger charge is 2.21. The molecule has 7 heteroatoms. The molecule has 1 aliphatic heterocycles. The summed E-state index contributed by atoms with van der Waals surface area (Å²) in [6.07, 6.45) is 6.95. The SMILES string of the molecule is CC(C)(N)C(=O)NCc1ccc(N2CCCCCC2)nc1.Cl.Cl. The van der Waals surface area contributed by atoms with Gasteiger partial charge in [0.05, 0.1) is 5.54 Å². The second-order valence-electron chi connectivity index (χ2n) is 6.33. The second kappa shape index (κ2) is 9.96. The van der Waals surface area contributed by atoms with Gasteiger partial charge in [0.2, 0.25) is 5.91 Å². The van der Waals surface area contributed by atoms with Gasteiger partial charge in [-0.25, -0.2) is 4.98 Å². The van der Waals surface area contributed by atoms with E-state index in [9.17, 15) is 4.79 Å². The molecule has 0 atom stereocenters. The number of aromatic nitrogens is 1. The fourth-order valence-corrected chi connectivity index (χ4v) is 2.42. The molecule has 3 N–H and O–H groups in total. The summed E-state index contributed by atoms with van der Waals surface area (Å²) in [6.45, 7) is 6.04. The molecule has 1 amide bonds. The largest absolute Gasteiger partial charge is 0.357 e. The molecule has 1 aromatic heterocycles. The highest BCUT2D eigenvalue weighted by atomic mass is 35.5. The maximum atomic E-state index is 11.7. The van der Waals surface area contributed by atoms with Gasteiger partial charge >= 0.3 is 0 Å². The average molecular weight is 363 g/mol. The van der Waals surface area contributed by atoms with Crippen LogP contribution in [0.1, 0.15) is 45.1 Å². The Bertz CT molecular complexity index is 466. The molecule has 0 aliphatic carbocycles. The molecule has 23 heavy (non-hydrogen) atoms. The predicted molar refractivity (Wildman–Crippen MR) is 99.5 cm³/mol. The van der Waals surface area contributed by atoms with Gasteiger partial charge in [0.15, 0.2) is 0 Å². The molecule has 1 fully saturated rings. The van der Waals surface area contributed by atoms with Crippen molar-refractivity contribution in [1.29, 1.82) is 0 Å². The standard InChI is InChI=1S/C16H26N4O.2ClH/c1-16(2,17)15(21)19-12-13-7-8-14(18-11-13)20-9-5-3-4-6-10-20;;/h7-8,11H,3-6,9-10,12,17H2,1-2H3,(H,19,21);2*1H. The van der Waals surface area contributed by atoms with E-state index in [0.717, 1.165) is 24.5 Å². The number of nitrogens with one attached hydrogen (secondary N) is 1. The first-order valence-electron chi connectivity index (χ1n) is 7.74. The van der Waals surface area contributed by atoms with E-state index in [1.165, 1.54) is 25.7 Å². The number of hydrogen-bond donors (Lipinski definition) is 2. The van der Waals surface area contributed by atoms with Crippen molar-refractivity contribution in [3.8, 4) is 0 Å². The van der Waals surface area contributed by atoms with Crippen molar-refractivity contribution in [3.05, 3.63) is 23.9 Å². The van der Waals surface area contributed by atoms with Crippen LogP contribution in [0.4, 0.5) is 5.82 Å². The van der Waals surface area contributed by atoms with Crippen LogP contribution in [-0.2, 0) is 11.3 Å². The van der Waals surface area contributed by atoms with Crippen molar-refractivity contribution < 1.29 is 4.79 Å². The zero-order valence-corrected chi connectivity index (χ0v) is 15.5. The van der Waals surface area contributed by atoms with E-state index >= 15 is 0 Å². The molecule has 2 heterocycles.